The zero-order valence-electron chi connectivity index (χ0n) is 12.1. The minimum atomic E-state index is -3.99. The maximum atomic E-state index is 13.0. The first-order chi connectivity index (χ1) is 10.8. The van der Waals surface area contributed by atoms with E-state index in [2.05, 4.69) is 0 Å². The van der Waals surface area contributed by atoms with Crippen molar-refractivity contribution < 1.29 is 13.3 Å². The zero-order valence-corrected chi connectivity index (χ0v) is 13.7. The number of nitro groups is 1. The average Bonchev–Trinajstić information content (AvgIpc) is 2.83. The van der Waals surface area contributed by atoms with E-state index in [1.807, 2.05) is 12.1 Å². The van der Waals surface area contributed by atoms with E-state index in [0.29, 0.717) is 12.1 Å². The van der Waals surface area contributed by atoms with Crippen molar-refractivity contribution >= 4 is 33.0 Å². The molecule has 1 aliphatic heterocycles. The molecule has 1 unspecified atom stereocenters. The Morgan fingerprint density at radius 3 is 2.65 bits per heavy atom. The van der Waals surface area contributed by atoms with Crippen LogP contribution in [0.3, 0.4) is 0 Å². The van der Waals surface area contributed by atoms with Crippen LogP contribution in [0.4, 0.5) is 11.4 Å². The van der Waals surface area contributed by atoms with E-state index < -0.39 is 14.9 Å². The molecule has 2 aromatic rings. The topological polar surface area (TPSA) is 80.5 Å². The van der Waals surface area contributed by atoms with Gasteiger partial charge in [-0.25, -0.2) is 8.42 Å². The second-order valence-corrected chi connectivity index (χ2v) is 7.55. The van der Waals surface area contributed by atoms with E-state index in [0.717, 1.165) is 11.6 Å². The Kier molecular flexibility index (Phi) is 3.77. The molecule has 1 aliphatic rings. The number of nitro benzene ring substituents is 1. The molecular weight excluding hydrogens is 340 g/mol. The number of anilines is 1. The second kappa shape index (κ2) is 5.50. The number of rotatable bonds is 3. The summed E-state index contributed by atoms with van der Waals surface area (Å²) < 4.78 is 27.3. The van der Waals surface area contributed by atoms with Crippen LogP contribution in [-0.2, 0) is 16.4 Å². The Balaban J connectivity index is 2.17. The van der Waals surface area contributed by atoms with Gasteiger partial charge < -0.3 is 0 Å². The van der Waals surface area contributed by atoms with E-state index in [9.17, 15) is 18.5 Å². The van der Waals surface area contributed by atoms with Crippen LogP contribution in [0.25, 0.3) is 0 Å². The van der Waals surface area contributed by atoms with Crippen molar-refractivity contribution in [1.82, 2.24) is 0 Å². The van der Waals surface area contributed by atoms with Crippen molar-refractivity contribution in [2.24, 2.45) is 0 Å². The third-order valence-electron chi connectivity index (χ3n) is 3.81. The Morgan fingerprint density at radius 2 is 1.96 bits per heavy atom. The van der Waals surface area contributed by atoms with Crippen LogP contribution in [-0.4, -0.2) is 19.4 Å². The molecule has 0 N–H and O–H groups in total. The van der Waals surface area contributed by atoms with Crippen molar-refractivity contribution in [1.29, 1.82) is 0 Å². The van der Waals surface area contributed by atoms with Gasteiger partial charge in [-0.05, 0) is 31.0 Å². The smallest absolute Gasteiger partial charge is 0.263 e. The SMILES string of the molecule is CC1Cc2ccccc2N1S(=O)(=O)c1cc([N+](=O)[O-])ccc1Cl. The standard InChI is InChI=1S/C15H13ClN2O4S/c1-10-8-11-4-2-3-5-14(11)17(10)23(21,22)15-9-12(18(19)20)6-7-13(15)16/h2-7,9-10H,8H2,1H3. The third-order valence-corrected chi connectivity index (χ3v) is 6.22. The largest absolute Gasteiger partial charge is 0.270 e. The molecular formula is C15H13ClN2O4S. The van der Waals surface area contributed by atoms with Crippen LogP contribution in [0.5, 0.6) is 0 Å². The Hall–Kier alpha value is -2.12. The van der Waals surface area contributed by atoms with Crippen molar-refractivity contribution in [3.63, 3.8) is 0 Å². The van der Waals surface area contributed by atoms with Crippen LogP contribution in [0.2, 0.25) is 5.02 Å². The lowest BCUT2D eigenvalue weighted by Gasteiger charge is -2.24. The first-order valence-electron chi connectivity index (χ1n) is 6.88. The van der Waals surface area contributed by atoms with Gasteiger partial charge in [-0.3, -0.25) is 14.4 Å². The van der Waals surface area contributed by atoms with Gasteiger partial charge >= 0.3 is 0 Å². The molecule has 0 saturated heterocycles. The summed E-state index contributed by atoms with van der Waals surface area (Å²) in [4.78, 5) is 10.0. The molecule has 0 aliphatic carbocycles. The minimum absolute atomic E-state index is 0.0350. The molecule has 23 heavy (non-hydrogen) atoms. The van der Waals surface area contributed by atoms with Gasteiger partial charge in [-0.1, -0.05) is 29.8 Å². The van der Waals surface area contributed by atoms with Gasteiger partial charge in [0.15, 0.2) is 0 Å². The minimum Gasteiger partial charge on any atom is -0.263 e. The molecule has 0 radical (unpaired) electrons. The fourth-order valence-corrected chi connectivity index (χ4v) is 5.00. The fraction of sp³-hybridized carbons (Fsp3) is 0.200. The molecule has 0 spiro atoms. The van der Waals surface area contributed by atoms with E-state index in [4.69, 9.17) is 11.6 Å². The number of hydrogen-bond donors (Lipinski definition) is 0. The van der Waals surface area contributed by atoms with E-state index in [1.165, 1.54) is 16.4 Å². The lowest BCUT2D eigenvalue weighted by Crippen LogP contribution is -2.35. The summed E-state index contributed by atoms with van der Waals surface area (Å²) in [6.45, 7) is 1.79. The molecule has 0 aromatic heterocycles. The highest BCUT2D eigenvalue weighted by Gasteiger charge is 2.37. The number of non-ortho nitro benzene ring substituents is 1. The highest BCUT2D eigenvalue weighted by atomic mass is 35.5. The van der Waals surface area contributed by atoms with Crippen molar-refractivity contribution in [2.45, 2.75) is 24.3 Å². The van der Waals surface area contributed by atoms with Gasteiger partial charge in [-0.2, -0.15) is 0 Å². The molecule has 1 atom stereocenters. The quantitative estimate of drug-likeness (QED) is 0.626. The van der Waals surface area contributed by atoms with Crippen LogP contribution in [0, 0.1) is 10.1 Å². The molecule has 0 saturated carbocycles. The Labute approximate surface area is 138 Å². The van der Waals surface area contributed by atoms with Crippen molar-refractivity contribution in [2.75, 3.05) is 4.31 Å². The molecule has 120 valence electrons. The van der Waals surface area contributed by atoms with E-state index in [-0.39, 0.29) is 21.6 Å². The summed E-state index contributed by atoms with van der Waals surface area (Å²) in [5, 5.41) is 10.9. The summed E-state index contributed by atoms with van der Waals surface area (Å²) >= 11 is 6.01. The molecule has 1 heterocycles. The Morgan fingerprint density at radius 1 is 1.26 bits per heavy atom. The number of nitrogens with zero attached hydrogens (tertiary/aromatic N) is 2. The van der Waals surface area contributed by atoms with Crippen LogP contribution < -0.4 is 4.31 Å². The van der Waals surface area contributed by atoms with Gasteiger partial charge in [0.25, 0.3) is 15.7 Å². The molecule has 0 fully saturated rings. The highest BCUT2D eigenvalue weighted by molar-refractivity contribution is 7.93. The number of fused-ring (bicyclic) bond motifs is 1. The van der Waals surface area contributed by atoms with Crippen LogP contribution in [0.15, 0.2) is 47.4 Å². The highest BCUT2D eigenvalue weighted by Crippen LogP contribution is 2.38. The monoisotopic (exact) mass is 352 g/mol. The summed E-state index contributed by atoms with van der Waals surface area (Å²) in [6.07, 6.45) is 0.585. The lowest BCUT2D eigenvalue weighted by atomic mass is 10.1. The summed E-state index contributed by atoms with van der Waals surface area (Å²) in [5.41, 5.74) is 1.20. The third kappa shape index (κ3) is 2.55. The lowest BCUT2D eigenvalue weighted by molar-refractivity contribution is -0.385. The van der Waals surface area contributed by atoms with Gasteiger partial charge in [0, 0.05) is 18.2 Å². The fourth-order valence-electron chi connectivity index (χ4n) is 2.81. The maximum absolute atomic E-state index is 13.0. The number of sulfonamides is 1. The summed E-state index contributed by atoms with van der Waals surface area (Å²) in [6, 6.07) is 10.3. The van der Waals surface area contributed by atoms with Gasteiger partial charge in [-0.15, -0.1) is 0 Å². The molecule has 8 heteroatoms. The second-order valence-electron chi connectivity index (χ2n) is 5.35. The van der Waals surface area contributed by atoms with E-state index >= 15 is 0 Å². The molecule has 6 nitrogen and oxygen atoms in total. The number of benzene rings is 2. The predicted molar refractivity (Wildman–Crippen MR) is 87.4 cm³/mol. The molecule has 0 amide bonds. The molecule has 3 rings (SSSR count). The van der Waals surface area contributed by atoms with Gasteiger partial charge in [0.05, 0.1) is 15.6 Å². The van der Waals surface area contributed by atoms with Crippen LogP contribution in [0.1, 0.15) is 12.5 Å². The first kappa shape index (κ1) is 15.8. The van der Waals surface area contributed by atoms with E-state index in [1.54, 1.807) is 19.1 Å². The maximum Gasteiger partial charge on any atom is 0.270 e. The van der Waals surface area contributed by atoms with Crippen molar-refractivity contribution in [3.05, 3.63) is 63.2 Å². The normalized spacial score (nSPS) is 17.1. The molecule has 0 bridgehead atoms. The number of hydrogen-bond acceptors (Lipinski definition) is 4. The Bertz CT molecular complexity index is 898. The van der Waals surface area contributed by atoms with Gasteiger partial charge in [0.1, 0.15) is 4.90 Å². The van der Waals surface area contributed by atoms with Crippen molar-refractivity contribution in [3.8, 4) is 0 Å². The van der Waals surface area contributed by atoms with Gasteiger partial charge in [0.2, 0.25) is 0 Å². The predicted octanol–water partition coefficient (Wildman–Crippen LogP) is 3.39. The average molecular weight is 353 g/mol. The summed E-state index contributed by atoms with van der Waals surface area (Å²) in [7, 11) is -3.99. The first-order valence-corrected chi connectivity index (χ1v) is 8.70. The number of halogens is 1. The number of para-hydroxylation sites is 1. The molecule has 2 aromatic carbocycles. The van der Waals surface area contributed by atoms with Crippen LogP contribution >= 0.6 is 11.6 Å². The zero-order chi connectivity index (χ0) is 16.8. The summed E-state index contributed by atoms with van der Waals surface area (Å²) in [5.74, 6) is 0.